The van der Waals surface area contributed by atoms with Gasteiger partial charge in [-0.2, -0.15) is 0 Å². The summed E-state index contributed by atoms with van der Waals surface area (Å²) in [6.45, 7) is 0.611. The van der Waals surface area contributed by atoms with E-state index in [2.05, 4.69) is 15.5 Å². The smallest absolute Gasteiger partial charge is 0.264 e. The molecular weight excluding hydrogens is 309 g/mol. The van der Waals surface area contributed by atoms with Crippen molar-refractivity contribution in [3.63, 3.8) is 0 Å². The lowest BCUT2D eigenvalue weighted by Crippen LogP contribution is -2.47. The molecule has 2 aromatic heterocycles. The fourth-order valence-electron chi connectivity index (χ4n) is 2.46. The Morgan fingerprint density at radius 2 is 2.25 bits per heavy atom. The fourth-order valence-corrected chi connectivity index (χ4v) is 2.61. The Hall–Kier alpha value is -0.980. The average Bonchev–Trinajstić information content (AvgIpc) is 2.74. The molecule has 0 aromatic carbocycles. The predicted octanol–water partition coefficient (Wildman–Crippen LogP) is 2.75. The molecule has 2 aromatic rings. The van der Waals surface area contributed by atoms with Crippen LogP contribution in [0.3, 0.4) is 0 Å². The molecule has 1 atom stereocenters. The fraction of sp³-hybridized carbons (Fsp3) is 0.500. The molecule has 0 spiro atoms. The van der Waals surface area contributed by atoms with Crippen molar-refractivity contribution in [2.45, 2.75) is 18.9 Å². The van der Waals surface area contributed by atoms with Crippen LogP contribution < -0.4 is 5.32 Å². The van der Waals surface area contributed by atoms with Crippen LogP contribution in [0.1, 0.15) is 6.42 Å². The molecule has 110 valence electrons. The molecule has 1 aliphatic heterocycles. The number of piperidine rings is 1. The maximum atomic E-state index is 13.8. The second-order valence-electron chi connectivity index (χ2n) is 4.84. The van der Waals surface area contributed by atoms with Crippen molar-refractivity contribution in [3.05, 3.63) is 23.5 Å². The molecule has 0 aliphatic carbocycles. The minimum atomic E-state index is -2.69. The van der Waals surface area contributed by atoms with Gasteiger partial charge in [0.1, 0.15) is 0 Å². The lowest BCUT2D eigenvalue weighted by molar-refractivity contribution is -0.0784. The molecule has 1 unspecified atom stereocenters. The lowest BCUT2D eigenvalue weighted by Gasteiger charge is -2.32. The highest BCUT2D eigenvalue weighted by Crippen LogP contribution is 2.31. The second kappa shape index (κ2) is 5.79. The van der Waals surface area contributed by atoms with Gasteiger partial charge in [-0.15, -0.1) is 22.6 Å². The van der Waals surface area contributed by atoms with Crippen molar-refractivity contribution in [1.29, 1.82) is 0 Å². The van der Waals surface area contributed by atoms with Crippen LogP contribution in [0.5, 0.6) is 0 Å². The summed E-state index contributed by atoms with van der Waals surface area (Å²) < 4.78 is 29.3. The Balaban J connectivity index is 0.00000147. The van der Waals surface area contributed by atoms with E-state index in [1.54, 1.807) is 16.8 Å². The third-order valence-corrected chi connectivity index (χ3v) is 3.71. The molecule has 3 heterocycles. The number of fused-ring (bicyclic) bond motifs is 1. The quantitative estimate of drug-likeness (QED) is 0.924. The van der Waals surface area contributed by atoms with E-state index < -0.39 is 11.8 Å². The maximum Gasteiger partial charge on any atom is 0.264 e. The van der Waals surface area contributed by atoms with Crippen molar-refractivity contribution >= 4 is 35.0 Å². The van der Waals surface area contributed by atoms with Gasteiger partial charge >= 0.3 is 0 Å². The molecular formula is C12H14Cl2F2N4. The summed E-state index contributed by atoms with van der Waals surface area (Å²) in [5, 5.41) is 11.6. The Kier molecular flexibility index (Phi) is 4.46. The first-order chi connectivity index (χ1) is 9.06. The SMILES string of the molecule is Cl.FC1(F)CNCCC1Cn1ccc2cc(Cl)nnc21. The monoisotopic (exact) mass is 322 g/mol. The van der Waals surface area contributed by atoms with Crippen molar-refractivity contribution in [2.75, 3.05) is 13.1 Å². The van der Waals surface area contributed by atoms with Crippen LogP contribution in [0.15, 0.2) is 18.3 Å². The normalized spacial score (nSPS) is 21.6. The molecule has 1 saturated heterocycles. The third-order valence-electron chi connectivity index (χ3n) is 3.52. The first kappa shape index (κ1) is 15.4. The van der Waals surface area contributed by atoms with E-state index in [0.717, 1.165) is 5.39 Å². The molecule has 4 nitrogen and oxygen atoms in total. The van der Waals surface area contributed by atoms with Crippen LogP contribution in [0, 0.1) is 5.92 Å². The van der Waals surface area contributed by atoms with E-state index in [9.17, 15) is 8.78 Å². The van der Waals surface area contributed by atoms with Crippen LogP contribution in [0.4, 0.5) is 8.78 Å². The van der Waals surface area contributed by atoms with E-state index >= 15 is 0 Å². The van der Waals surface area contributed by atoms with E-state index in [-0.39, 0.29) is 25.5 Å². The van der Waals surface area contributed by atoms with Crippen molar-refractivity contribution in [1.82, 2.24) is 20.1 Å². The minimum absolute atomic E-state index is 0. The molecule has 1 aliphatic rings. The Labute approximate surface area is 125 Å². The average molecular weight is 323 g/mol. The summed E-state index contributed by atoms with van der Waals surface area (Å²) in [5.41, 5.74) is 0.596. The van der Waals surface area contributed by atoms with Gasteiger partial charge in [0.2, 0.25) is 0 Å². The zero-order valence-corrected chi connectivity index (χ0v) is 12.1. The van der Waals surface area contributed by atoms with Gasteiger partial charge in [0.15, 0.2) is 10.8 Å². The first-order valence-corrected chi connectivity index (χ1v) is 6.51. The summed E-state index contributed by atoms with van der Waals surface area (Å²) in [6.07, 6.45) is 2.21. The third kappa shape index (κ3) is 2.87. The zero-order chi connectivity index (χ0) is 13.5. The number of rotatable bonds is 2. The van der Waals surface area contributed by atoms with E-state index in [1.807, 2.05) is 6.07 Å². The van der Waals surface area contributed by atoms with Gasteiger partial charge < -0.3 is 9.88 Å². The van der Waals surface area contributed by atoms with Crippen LogP contribution in [-0.4, -0.2) is 33.8 Å². The zero-order valence-electron chi connectivity index (χ0n) is 10.5. The number of aromatic nitrogens is 3. The minimum Gasteiger partial charge on any atom is -0.331 e. The second-order valence-corrected chi connectivity index (χ2v) is 5.22. The maximum absolute atomic E-state index is 13.8. The van der Waals surface area contributed by atoms with Gasteiger partial charge in [0.25, 0.3) is 5.92 Å². The van der Waals surface area contributed by atoms with Crippen LogP contribution >= 0.6 is 24.0 Å². The molecule has 20 heavy (non-hydrogen) atoms. The molecule has 0 amide bonds. The summed E-state index contributed by atoms with van der Waals surface area (Å²) in [7, 11) is 0. The number of hydrogen-bond donors (Lipinski definition) is 1. The van der Waals surface area contributed by atoms with Gasteiger partial charge in [0, 0.05) is 24.0 Å². The molecule has 0 radical (unpaired) electrons. The highest BCUT2D eigenvalue weighted by atomic mass is 35.5. The summed E-state index contributed by atoms with van der Waals surface area (Å²) in [5.74, 6) is -3.36. The Morgan fingerprint density at radius 1 is 1.45 bits per heavy atom. The van der Waals surface area contributed by atoms with Gasteiger partial charge in [-0.1, -0.05) is 11.6 Å². The number of nitrogens with zero attached hydrogens (tertiary/aromatic N) is 3. The van der Waals surface area contributed by atoms with Crippen molar-refractivity contribution in [2.24, 2.45) is 5.92 Å². The van der Waals surface area contributed by atoms with Gasteiger partial charge in [-0.3, -0.25) is 0 Å². The molecule has 1 fully saturated rings. The van der Waals surface area contributed by atoms with Gasteiger partial charge in [-0.25, -0.2) is 8.78 Å². The highest BCUT2D eigenvalue weighted by molar-refractivity contribution is 6.29. The van der Waals surface area contributed by atoms with E-state index in [1.165, 1.54) is 0 Å². The summed E-state index contributed by atoms with van der Waals surface area (Å²) in [4.78, 5) is 0. The Bertz CT molecular complexity index is 602. The lowest BCUT2D eigenvalue weighted by atomic mass is 9.94. The molecule has 1 N–H and O–H groups in total. The van der Waals surface area contributed by atoms with Crippen LogP contribution in [0.25, 0.3) is 11.0 Å². The van der Waals surface area contributed by atoms with Gasteiger partial charge in [-0.05, 0) is 25.1 Å². The topological polar surface area (TPSA) is 42.7 Å². The predicted molar refractivity (Wildman–Crippen MR) is 75.7 cm³/mol. The van der Waals surface area contributed by atoms with Crippen molar-refractivity contribution in [3.8, 4) is 0 Å². The number of halogens is 4. The molecule has 8 heteroatoms. The first-order valence-electron chi connectivity index (χ1n) is 6.13. The Morgan fingerprint density at radius 3 is 3.00 bits per heavy atom. The molecule has 3 rings (SSSR count). The standard InChI is InChI=1S/C12H13ClF2N4.ClH/c13-10-5-8-2-4-19(11(8)18-17-10)6-9-1-3-16-7-12(9,14)15;/h2,4-5,9,16H,1,3,6-7H2;1H. The summed E-state index contributed by atoms with van der Waals surface area (Å²) in [6, 6.07) is 3.50. The molecule has 0 saturated carbocycles. The van der Waals surface area contributed by atoms with E-state index in [0.29, 0.717) is 23.8 Å². The highest BCUT2D eigenvalue weighted by Gasteiger charge is 2.41. The van der Waals surface area contributed by atoms with E-state index in [4.69, 9.17) is 11.6 Å². The number of nitrogens with one attached hydrogen (secondary N) is 1. The largest absolute Gasteiger partial charge is 0.331 e. The van der Waals surface area contributed by atoms with Crippen molar-refractivity contribution < 1.29 is 8.78 Å². The van der Waals surface area contributed by atoms with Crippen LogP contribution in [-0.2, 0) is 6.54 Å². The molecule has 0 bridgehead atoms. The number of hydrogen-bond acceptors (Lipinski definition) is 3. The summed E-state index contributed by atoms with van der Waals surface area (Å²) >= 11 is 5.75. The van der Waals surface area contributed by atoms with Crippen LogP contribution in [0.2, 0.25) is 5.15 Å². The van der Waals surface area contributed by atoms with Gasteiger partial charge in [0.05, 0.1) is 6.54 Å². The number of alkyl halides is 2.